The van der Waals surface area contributed by atoms with E-state index in [1.807, 2.05) is 17.9 Å². The molecule has 2 aromatic rings. The van der Waals surface area contributed by atoms with Crippen molar-refractivity contribution in [2.45, 2.75) is 72.8 Å². The van der Waals surface area contributed by atoms with Gasteiger partial charge >= 0.3 is 5.65 Å². The molecule has 166 valence electrons. The van der Waals surface area contributed by atoms with Crippen molar-refractivity contribution < 1.29 is 9.36 Å². The van der Waals surface area contributed by atoms with Crippen molar-refractivity contribution in [3.05, 3.63) is 35.4 Å². The van der Waals surface area contributed by atoms with Gasteiger partial charge in [-0.1, -0.05) is 36.1 Å². The first kappa shape index (κ1) is 21.7. The SMILES string of the molecule is CC1=C2CC[C@H](C)[C@@](C)(CC/C(C)=C/Cn3c[n+](C)c4ncnc(N)c43)[C@@H]2CCC1=O. The summed E-state index contributed by atoms with van der Waals surface area (Å²) in [5, 5.41) is 0. The molecule has 6 heteroatoms. The molecule has 0 amide bonds. The number of nitrogens with zero attached hydrogens (tertiary/aromatic N) is 4. The summed E-state index contributed by atoms with van der Waals surface area (Å²) >= 11 is 0. The summed E-state index contributed by atoms with van der Waals surface area (Å²) in [6.45, 7) is 9.93. The molecule has 31 heavy (non-hydrogen) atoms. The van der Waals surface area contributed by atoms with Crippen molar-refractivity contribution in [2.24, 2.45) is 24.3 Å². The summed E-state index contributed by atoms with van der Waals surface area (Å²) in [6, 6.07) is 0. The molecular weight excluding hydrogens is 386 g/mol. The van der Waals surface area contributed by atoms with Gasteiger partial charge in [0.1, 0.15) is 0 Å². The second kappa shape index (κ2) is 8.21. The molecule has 2 N–H and O–H groups in total. The van der Waals surface area contributed by atoms with E-state index in [4.69, 9.17) is 5.73 Å². The number of carbonyl (C=O) groups excluding carboxylic acids is 1. The third-order valence-corrected chi connectivity index (χ3v) is 8.21. The van der Waals surface area contributed by atoms with Crippen LogP contribution in [0.1, 0.15) is 66.2 Å². The number of carbonyl (C=O) groups is 1. The van der Waals surface area contributed by atoms with Crippen LogP contribution in [0.5, 0.6) is 0 Å². The lowest BCUT2D eigenvalue weighted by molar-refractivity contribution is -0.647. The molecule has 1 fully saturated rings. The highest BCUT2D eigenvalue weighted by atomic mass is 16.1. The molecule has 0 bridgehead atoms. The number of allylic oxidation sites excluding steroid dienone is 4. The summed E-state index contributed by atoms with van der Waals surface area (Å²) in [4.78, 5) is 20.8. The third-order valence-electron chi connectivity index (χ3n) is 8.21. The van der Waals surface area contributed by atoms with E-state index >= 15 is 0 Å². The maximum atomic E-state index is 12.3. The first-order valence-electron chi connectivity index (χ1n) is 11.6. The Morgan fingerprint density at radius 1 is 1.35 bits per heavy atom. The minimum absolute atomic E-state index is 0.259. The van der Waals surface area contributed by atoms with E-state index in [1.165, 1.54) is 23.9 Å². The van der Waals surface area contributed by atoms with Crippen LogP contribution in [0.2, 0.25) is 0 Å². The van der Waals surface area contributed by atoms with Gasteiger partial charge in [-0.2, -0.15) is 4.98 Å². The summed E-state index contributed by atoms with van der Waals surface area (Å²) in [5.74, 6) is 2.13. The number of hydrogen-bond donors (Lipinski definition) is 1. The number of nitrogens with two attached hydrogens (primary N) is 1. The summed E-state index contributed by atoms with van der Waals surface area (Å²) in [5.41, 5.74) is 12.0. The highest BCUT2D eigenvalue weighted by Crippen LogP contribution is 2.54. The van der Waals surface area contributed by atoms with Crippen LogP contribution in [-0.4, -0.2) is 20.3 Å². The maximum absolute atomic E-state index is 12.3. The van der Waals surface area contributed by atoms with Crippen LogP contribution in [0, 0.1) is 17.3 Å². The number of nitrogen functional groups attached to an aromatic ring is 1. The van der Waals surface area contributed by atoms with Crippen LogP contribution in [0.25, 0.3) is 11.2 Å². The van der Waals surface area contributed by atoms with Crippen molar-refractivity contribution in [1.29, 1.82) is 0 Å². The lowest BCUT2D eigenvalue weighted by Gasteiger charge is -2.50. The van der Waals surface area contributed by atoms with E-state index in [-0.39, 0.29) is 5.41 Å². The molecule has 6 nitrogen and oxygen atoms in total. The average Bonchev–Trinajstić information content (AvgIpc) is 3.07. The van der Waals surface area contributed by atoms with Crippen molar-refractivity contribution in [2.75, 3.05) is 5.73 Å². The average molecular weight is 423 g/mol. The molecule has 3 atom stereocenters. The van der Waals surface area contributed by atoms with Gasteiger partial charge in [0.05, 0.1) is 13.6 Å². The smallest absolute Gasteiger partial charge is 0.307 e. The molecule has 0 saturated heterocycles. The largest absolute Gasteiger partial charge is 0.380 e. The van der Waals surface area contributed by atoms with Crippen LogP contribution in [0.15, 0.2) is 35.4 Å². The van der Waals surface area contributed by atoms with E-state index < -0.39 is 0 Å². The molecule has 2 aromatic heterocycles. The number of ketones is 1. The zero-order valence-corrected chi connectivity index (χ0v) is 19.6. The van der Waals surface area contributed by atoms with Gasteiger partial charge in [0.2, 0.25) is 5.52 Å². The van der Waals surface area contributed by atoms with Gasteiger partial charge in [-0.25, -0.2) is 4.57 Å². The number of Topliss-reactive ketones (excluding diaryl/α,β-unsaturated/α-hetero) is 1. The number of imidazole rings is 1. The zero-order valence-electron chi connectivity index (χ0n) is 19.6. The Labute approximate surface area is 185 Å². The lowest BCUT2D eigenvalue weighted by atomic mass is 9.54. The molecule has 2 heterocycles. The van der Waals surface area contributed by atoms with Crippen LogP contribution in [0.3, 0.4) is 0 Å². The van der Waals surface area contributed by atoms with Gasteiger partial charge in [-0.15, -0.1) is 0 Å². The predicted octanol–water partition coefficient (Wildman–Crippen LogP) is 4.30. The second-order valence-electron chi connectivity index (χ2n) is 9.97. The predicted molar refractivity (Wildman–Crippen MR) is 123 cm³/mol. The molecule has 2 aliphatic rings. The topological polar surface area (TPSA) is 77.7 Å². The first-order chi connectivity index (χ1) is 14.7. The van der Waals surface area contributed by atoms with Gasteiger partial charge < -0.3 is 5.73 Å². The van der Waals surface area contributed by atoms with Crippen molar-refractivity contribution in [3.8, 4) is 0 Å². The van der Waals surface area contributed by atoms with E-state index in [2.05, 4.69) is 48.3 Å². The summed E-state index contributed by atoms with van der Waals surface area (Å²) in [6.07, 6.45) is 12.1. The number of rotatable bonds is 5. The lowest BCUT2D eigenvalue weighted by Crippen LogP contribution is -2.41. The van der Waals surface area contributed by atoms with E-state index in [0.29, 0.717) is 23.4 Å². The zero-order chi connectivity index (χ0) is 22.3. The van der Waals surface area contributed by atoms with Crippen LogP contribution in [-0.2, 0) is 18.4 Å². The Morgan fingerprint density at radius 3 is 2.90 bits per heavy atom. The quantitative estimate of drug-likeness (QED) is 0.576. The molecular formula is C25H36N5O+. The van der Waals surface area contributed by atoms with E-state index in [9.17, 15) is 4.79 Å². The second-order valence-corrected chi connectivity index (χ2v) is 9.97. The fourth-order valence-corrected chi connectivity index (χ4v) is 5.83. The highest BCUT2D eigenvalue weighted by molar-refractivity contribution is 5.96. The Hall–Kier alpha value is -2.50. The molecule has 0 radical (unpaired) electrons. The number of aryl methyl sites for hydroxylation is 1. The molecule has 2 aliphatic carbocycles. The molecule has 0 unspecified atom stereocenters. The van der Waals surface area contributed by atoms with Gasteiger partial charge in [0, 0.05) is 6.42 Å². The number of aromatic nitrogens is 4. The van der Waals surface area contributed by atoms with E-state index in [1.54, 1.807) is 0 Å². The fraction of sp³-hybridized carbons (Fsp3) is 0.600. The van der Waals surface area contributed by atoms with Crippen molar-refractivity contribution in [1.82, 2.24) is 14.5 Å². The number of hydrogen-bond acceptors (Lipinski definition) is 4. The Balaban J connectivity index is 1.50. The minimum Gasteiger partial charge on any atom is -0.380 e. The van der Waals surface area contributed by atoms with Gasteiger partial charge in [-0.3, -0.25) is 9.36 Å². The van der Waals surface area contributed by atoms with Gasteiger partial charge in [0.15, 0.2) is 24.3 Å². The Morgan fingerprint density at radius 2 is 2.13 bits per heavy atom. The molecule has 4 rings (SSSR count). The number of anilines is 1. The first-order valence-corrected chi connectivity index (χ1v) is 11.6. The highest BCUT2D eigenvalue weighted by Gasteiger charge is 2.45. The van der Waals surface area contributed by atoms with Crippen LogP contribution in [0.4, 0.5) is 5.82 Å². The summed E-state index contributed by atoms with van der Waals surface area (Å²) < 4.78 is 4.11. The molecule has 0 aliphatic heterocycles. The fourth-order valence-electron chi connectivity index (χ4n) is 5.83. The monoisotopic (exact) mass is 422 g/mol. The maximum Gasteiger partial charge on any atom is 0.307 e. The third kappa shape index (κ3) is 3.81. The van der Waals surface area contributed by atoms with Crippen LogP contribution >= 0.6 is 0 Å². The molecule has 0 spiro atoms. The van der Waals surface area contributed by atoms with Crippen molar-refractivity contribution in [3.63, 3.8) is 0 Å². The van der Waals surface area contributed by atoms with Gasteiger partial charge in [0.25, 0.3) is 0 Å². The minimum atomic E-state index is 0.259. The van der Waals surface area contributed by atoms with Gasteiger partial charge in [-0.05, 0) is 68.8 Å². The van der Waals surface area contributed by atoms with Crippen molar-refractivity contribution >= 4 is 22.8 Å². The molecule has 0 aromatic carbocycles. The molecule has 1 saturated carbocycles. The Kier molecular flexibility index (Phi) is 5.75. The standard InChI is InChI=1S/C25H36N5O/c1-16(11-13-30-15-29(5)24-22(30)23(26)27-14-28-24)10-12-25(4)17(2)6-7-19-18(3)21(31)9-8-20(19)25/h11,14-15,17,20H,6-10,12-13H2,1-5H3,(H2,26,27,28)/q+1/b16-11+/t17-,20+,25+/m0/s1. The number of fused-ring (bicyclic) bond motifs is 2. The Bertz CT molecular complexity index is 1080. The van der Waals surface area contributed by atoms with E-state index in [0.717, 1.165) is 55.4 Å². The normalized spacial score (nSPS) is 27.1. The van der Waals surface area contributed by atoms with Crippen LogP contribution < -0.4 is 10.3 Å². The summed E-state index contributed by atoms with van der Waals surface area (Å²) in [7, 11) is 1.98.